The zero-order valence-corrected chi connectivity index (χ0v) is 13.9. The normalized spacial score (nSPS) is 10.7. The maximum atomic E-state index is 11.9. The molecular formula is C13H14ClNO7S. The van der Waals surface area contributed by atoms with E-state index in [4.69, 9.17) is 11.6 Å². The van der Waals surface area contributed by atoms with Gasteiger partial charge in [-0.15, -0.1) is 0 Å². The Morgan fingerprint density at radius 2 is 1.87 bits per heavy atom. The summed E-state index contributed by atoms with van der Waals surface area (Å²) in [6, 6.07) is 3.51. The monoisotopic (exact) mass is 363 g/mol. The second-order valence-corrected chi connectivity index (χ2v) is 6.68. The van der Waals surface area contributed by atoms with Gasteiger partial charge in [-0.25, -0.2) is 18.0 Å². The fraction of sp³-hybridized carbons (Fsp3) is 0.308. The third-order valence-corrected chi connectivity index (χ3v) is 3.88. The van der Waals surface area contributed by atoms with Gasteiger partial charge in [0.15, 0.2) is 16.4 Å². The lowest BCUT2D eigenvalue weighted by Crippen LogP contribution is -2.34. The van der Waals surface area contributed by atoms with Crippen molar-refractivity contribution < 1.29 is 32.3 Å². The summed E-state index contributed by atoms with van der Waals surface area (Å²) in [4.78, 5) is 34.1. The predicted octanol–water partition coefficient (Wildman–Crippen LogP) is 1.17. The van der Waals surface area contributed by atoms with Crippen LogP contribution in [-0.4, -0.2) is 45.9 Å². The van der Waals surface area contributed by atoms with Gasteiger partial charge in [-0.3, -0.25) is 10.1 Å². The number of alkyl carbamates (subject to hydrolysis) is 1. The predicted molar refractivity (Wildman–Crippen MR) is 80.0 cm³/mol. The number of hydrogen-bond acceptors (Lipinski definition) is 7. The summed E-state index contributed by atoms with van der Waals surface area (Å²) in [6.07, 6.45) is 0.00339. The Hall–Kier alpha value is -2.13. The first kappa shape index (κ1) is 18.9. The number of nitrogens with one attached hydrogen (secondary N) is 1. The number of sulfone groups is 1. The van der Waals surface area contributed by atoms with Crippen LogP contribution in [0.2, 0.25) is 5.02 Å². The van der Waals surface area contributed by atoms with Gasteiger partial charge in [0.1, 0.15) is 0 Å². The molecule has 0 heterocycles. The number of ether oxygens (including phenoxy) is 2. The molecule has 0 fully saturated rings. The van der Waals surface area contributed by atoms with Crippen LogP contribution in [0, 0.1) is 0 Å². The molecule has 126 valence electrons. The largest absolute Gasteiger partial charge is 0.452 e. The number of carbonyl (C=O) groups is 3. The summed E-state index contributed by atoms with van der Waals surface area (Å²) in [5, 5.41) is 1.80. The molecule has 2 amide bonds. The van der Waals surface area contributed by atoms with E-state index in [1.165, 1.54) is 12.1 Å². The molecule has 0 aliphatic heterocycles. The van der Waals surface area contributed by atoms with Crippen LogP contribution in [0.4, 0.5) is 4.79 Å². The maximum absolute atomic E-state index is 11.9. The molecule has 0 bridgehead atoms. The van der Waals surface area contributed by atoms with Crippen LogP contribution in [0.15, 0.2) is 23.1 Å². The number of esters is 1. The van der Waals surface area contributed by atoms with E-state index in [-0.39, 0.29) is 22.1 Å². The molecule has 1 rings (SSSR count). The van der Waals surface area contributed by atoms with Crippen molar-refractivity contribution in [3.05, 3.63) is 28.8 Å². The highest BCUT2D eigenvalue weighted by atomic mass is 35.5. The lowest BCUT2D eigenvalue weighted by atomic mass is 10.2. The molecule has 0 radical (unpaired) electrons. The first-order valence-electron chi connectivity index (χ1n) is 6.28. The molecule has 10 heteroatoms. The highest BCUT2D eigenvalue weighted by molar-refractivity contribution is 7.90. The minimum atomic E-state index is -3.54. The van der Waals surface area contributed by atoms with Crippen LogP contribution in [-0.2, 0) is 24.1 Å². The number of amides is 2. The average molecular weight is 364 g/mol. The molecule has 0 spiro atoms. The number of hydrogen-bond donors (Lipinski definition) is 1. The molecular weight excluding hydrogens is 350 g/mol. The molecule has 23 heavy (non-hydrogen) atoms. The number of carbonyl (C=O) groups excluding carboxylic acids is 3. The highest BCUT2D eigenvalue weighted by Gasteiger charge is 2.18. The molecule has 8 nitrogen and oxygen atoms in total. The zero-order chi connectivity index (χ0) is 17.6. The fourth-order valence-corrected chi connectivity index (χ4v) is 2.26. The lowest BCUT2D eigenvalue weighted by molar-refractivity contribution is -0.123. The van der Waals surface area contributed by atoms with E-state index in [9.17, 15) is 22.8 Å². The Kier molecular flexibility index (Phi) is 6.52. The maximum Gasteiger partial charge on any atom is 0.413 e. The van der Waals surface area contributed by atoms with Gasteiger partial charge in [-0.1, -0.05) is 11.6 Å². The molecule has 0 atom stereocenters. The van der Waals surface area contributed by atoms with Crippen molar-refractivity contribution in [1.82, 2.24) is 5.32 Å². The lowest BCUT2D eigenvalue weighted by Gasteiger charge is -2.08. The quantitative estimate of drug-likeness (QED) is 0.780. The second kappa shape index (κ2) is 7.93. The van der Waals surface area contributed by atoms with Gasteiger partial charge < -0.3 is 9.47 Å². The average Bonchev–Trinajstić information content (AvgIpc) is 2.44. The van der Waals surface area contributed by atoms with E-state index in [0.29, 0.717) is 0 Å². The van der Waals surface area contributed by atoms with E-state index in [2.05, 4.69) is 9.47 Å². The number of benzene rings is 1. The molecule has 0 unspecified atom stereocenters. The van der Waals surface area contributed by atoms with Gasteiger partial charge in [0.05, 0.1) is 22.1 Å². The standard InChI is InChI=1S/C13H14ClNO7S/c1-3-21-13(18)15-11(16)7-22-12(17)9-6-8(23(2,19)20)4-5-10(9)14/h4-6H,3,7H2,1-2H3,(H,15,16,18). The van der Waals surface area contributed by atoms with Crippen molar-refractivity contribution in [2.24, 2.45) is 0 Å². The molecule has 0 aromatic heterocycles. The van der Waals surface area contributed by atoms with Crippen molar-refractivity contribution in [2.45, 2.75) is 11.8 Å². The molecule has 0 saturated heterocycles. The Morgan fingerprint density at radius 3 is 2.43 bits per heavy atom. The van der Waals surface area contributed by atoms with Crippen LogP contribution in [0.3, 0.4) is 0 Å². The van der Waals surface area contributed by atoms with Gasteiger partial charge in [0.2, 0.25) is 0 Å². The van der Waals surface area contributed by atoms with Gasteiger partial charge in [0, 0.05) is 6.26 Å². The highest BCUT2D eigenvalue weighted by Crippen LogP contribution is 2.21. The number of halogens is 1. The summed E-state index contributed by atoms with van der Waals surface area (Å²) < 4.78 is 32.1. The summed E-state index contributed by atoms with van der Waals surface area (Å²) in [5.74, 6) is -1.90. The van der Waals surface area contributed by atoms with Gasteiger partial charge >= 0.3 is 12.1 Å². The number of rotatable bonds is 5. The molecule has 0 saturated carbocycles. The second-order valence-electron chi connectivity index (χ2n) is 4.26. The molecule has 1 aromatic rings. The van der Waals surface area contributed by atoms with Crippen molar-refractivity contribution in [3.63, 3.8) is 0 Å². The summed E-state index contributed by atoms with van der Waals surface area (Å²) in [7, 11) is -3.54. The molecule has 0 aliphatic rings. The first-order chi connectivity index (χ1) is 10.6. The number of imide groups is 1. The van der Waals surface area contributed by atoms with Crippen LogP contribution in [0.1, 0.15) is 17.3 Å². The van der Waals surface area contributed by atoms with E-state index < -0.39 is 34.4 Å². The Balaban J connectivity index is 2.75. The zero-order valence-electron chi connectivity index (χ0n) is 12.3. The first-order valence-corrected chi connectivity index (χ1v) is 8.55. The van der Waals surface area contributed by atoms with Crippen molar-refractivity contribution in [2.75, 3.05) is 19.5 Å². The minimum absolute atomic E-state index is 0.0341. The Labute approximate surface area is 137 Å². The van der Waals surface area contributed by atoms with Crippen molar-refractivity contribution in [1.29, 1.82) is 0 Å². The fourth-order valence-electron chi connectivity index (χ4n) is 1.42. The van der Waals surface area contributed by atoms with Crippen LogP contribution in [0.5, 0.6) is 0 Å². The summed E-state index contributed by atoms with van der Waals surface area (Å²) >= 11 is 5.81. The van der Waals surface area contributed by atoms with E-state index in [1.807, 2.05) is 5.32 Å². The van der Waals surface area contributed by atoms with Crippen LogP contribution < -0.4 is 5.32 Å². The van der Waals surface area contributed by atoms with E-state index >= 15 is 0 Å². The van der Waals surface area contributed by atoms with Gasteiger partial charge in [-0.2, -0.15) is 0 Å². The van der Waals surface area contributed by atoms with Crippen molar-refractivity contribution in [3.8, 4) is 0 Å². The van der Waals surface area contributed by atoms with Crippen LogP contribution in [0.25, 0.3) is 0 Å². The summed E-state index contributed by atoms with van der Waals surface area (Å²) in [5.41, 5.74) is -0.210. The molecule has 1 aromatic carbocycles. The third kappa shape index (κ3) is 5.87. The smallest absolute Gasteiger partial charge is 0.413 e. The Morgan fingerprint density at radius 1 is 1.22 bits per heavy atom. The van der Waals surface area contributed by atoms with E-state index in [1.54, 1.807) is 6.92 Å². The van der Waals surface area contributed by atoms with Crippen LogP contribution >= 0.6 is 11.6 Å². The van der Waals surface area contributed by atoms with Crippen molar-refractivity contribution >= 4 is 39.4 Å². The molecule has 0 aliphatic carbocycles. The molecule has 1 N–H and O–H groups in total. The topological polar surface area (TPSA) is 116 Å². The summed E-state index contributed by atoms with van der Waals surface area (Å²) in [6.45, 7) is 0.880. The van der Waals surface area contributed by atoms with Gasteiger partial charge in [0.25, 0.3) is 5.91 Å². The van der Waals surface area contributed by atoms with E-state index in [0.717, 1.165) is 12.3 Å². The Bertz CT molecular complexity index is 730. The minimum Gasteiger partial charge on any atom is -0.452 e. The van der Waals surface area contributed by atoms with Gasteiger partial charge in [-0.05, 0) is 25.1 Å². The SMILES string of the molecule is CCOC(=O)NC(=O)COC(=O)c1cc(S(C)(=O)=O)ccc1Cl. The third-order valence-electron chi connectivity index (χ3n) is 2.44.